The number of hydrogen-bond donors (Lipinski definition) is 0. The van der Waals surface area contributed by atoms with Crippen LogP contribution < -0.4 is 0 Å². The molecule has 0 aliphatic carbocycles. The summed E-state index contributed by atoms with van der Waals surface area (Å²) in [5.41, 5.74) is 9.23. The Morgan fingerprint density at radius 1 is 0.538 bits per heavy atom. The highest BCUT2D eigenvalue weighted by atomic mass is 14.9. The van der Waals surface area contributed by atoms with Crippen molar-refractivity contribution in [1.29, 1.82) is 0 Å². The van der Waals surface area contributed by atoms with E-state index < -0.39 is 0 Å². The van der Waals surface area contributed by atoms with Gasteiger partial charge in [-0.15, -0.1) is 0 Å². The lowest BCUT2D eigenvalue weighted by Gasteiger charge is -2.19. The molecule has 188 valence electrons. The maximum absolute atomic E-state index is 2.46. The van der Waals surface area contributed by atoms with E-state index in [0.717, 1.165) is 12.8 Å². The predicted molar refractivity (Wildman–Crippen MR) is 166 cm³/mol. The summed E-state index contributed by atoms with van der Waals surface area (Å²) in [6.45, 7) is 0. The van der Waals surface area contributed by atoms with Crippen molar-refractivity contribution in [2.75, 3.05) is 0 Å². The number of aromatic nitrogens is 1. The Bertz CT molecular complexity index is 1890. The van der Waals surface area contributed by atoms with Gasteiger partial charge in [0.25, 0.3) is 0 Å². The Labute approximate surface area is 230 Å². The van der Waals surface area contributed by atoms with Crippen molar-refractivity contribution < 1.29 is 0 Å². The molecule has 0 radical (unpaired) electrons. The van der Waals surface area contributed by atoms with Gasteiger partial charge in [0.05, 0.1) is 0 Å². The van der Waals surface area contributed by atoms with E-state index in [1.165, 1.54) is 60.4 Å². The van der Waals surface area contributed by atoms with Gasteiger partial charge in [-0.05, 0) is 69.6 Å². The summed E-state index contributed by atoms with van der Waals surface area (Å²) in [6, 6.07) is 51.2. The molecule has 7 aromatic rings. The second-order valence-electron chi connectivity index (χ2n) is 10.6. The molecule has 0 saturated carbocycles. The quantitative estimate of drug-likeness (QED) is 0.214. The standard InChI is InChI=1S/C38H31N/c1-39-36-24-22-32(26-35(36)38-34-15-9-8-14-30(34)21-25-37(38)39)33(23-16-27-10-4-2-5-11-27)31-19-17-29(18-20-31)28-12-6-3-7-13-28/h2-15,17-22,24-26,33H,16,23H2,1H3. The third-order valence-corrected chi connectivity index (χ3v) is 8.31. The lowest BCUT2D eigenvalue weighted by molar-refractivity contribution is 0.716. The summed E-state index contributed by atoms with van der Waals surface area (Å²) < 4.78 is 2.34. The molecule has 0 amide bonds. The summed E-state index contributed by atoms with van der Waals surface area (Å²) in [5, 5.41) is 5.31. The molecule has 39 heavy (non-hydrogen) atoms. The fraction of sp³-hybridized carbons (Fsp3) is 0.105. The van der Waals surface area contributed by atoms with Crippen LogP contribution in [0.1, 0.15) is 29.0 Å². The molecule has 0 saturated heterocycles. The van der Waals surface area contributed by atoms with Crippen LogP contribution in [-0.2, 0) is 13.5 Å². The lowest BCUT2D eigenvalue weighted by atomic mass is 9.85. The summed E-state index contributed by atoms with van der Waals surface area (Å²) in [5.74, 6) is 0.310. The number of hydrogen-bond acceptors (Lipinski definition) is 0. The van der Waals surface area contributed by atoms with E-state index in [1.807, 2.05) is 0 Å². The number of benzene rings is 6. The summed E-state index contributed by atoms with van der Waals surface area (Å²) in [6.07, 6.45) is 2.11. The van der Waals surface area contributed by atoms with Gasteiger partial charge >= 0.3 is 0 Å². The molecule has 1 heterocycles. The first-order valence-corrected chi connectivity index (χ1v) is 13.9. The minimum absolute atomic E-state index is 0.310. The fourth-order valence-electron chi connectivity index (χ4n) is 6.24. The molecular weight excluding hydrogens is 470 g/mol. The van der Waals surface area contributed by atoms with Crippen LogP contribution in [0.3, 0.4) is 0 Å². The van der Waals surface area contributed by atoms with Gasteiger partial charge in [0.2, 0.25) is 0 Å². The SMILES string of the molecule is Cn1c2ccc(C(CCc3ccccc3)c3ccc(-c4ccccc4)cc3)cc2c2c3ccccc3ccc21. The zero-order chi connectivity index (χ0) is 26.2. The molecule has 1 atom stereocenters. The van der Waals surface area contributed by atoms with Gasteiger partial charge in [-0.25, -0.2) is 0 Å². The van der Waals surface area contributed by atoms with Gasteiger partial charge in [-0.2, -0.15) is 0 Å². The van der Waals surface area contributed by atoms with E-state index >= 15 is 0 Å². The molecule has 0 bridgehead atoms. The second kappa shape index (κ2) is 9.93. The molecule has 1 heteroatoms. The number of rotatable bonds is 6. The Balaban J connectivity index is 1.36. The third-order valence-electron chi connectivity index (χ3n) is 8.31. The second-order valence-corrected chi connectivity index (χ2v) is 10.6. The highest BCUT2D eigenvalue weighted by Gasteiger charge is 2.18. The van der Waals surface area contributed by atoms with Gasteiger partial charge in [-0.1, -0.05) is 121 Å². The summed E-state index contributed by atoms with van der Waals surface area (Å²) in [4.78, 5) is 0. The van der Waals surface area contributed by atoms with Crippen LogP contribution in [0.5, 0.6) is 0 Å². The molecule has 1 nitrogen and oxygen atoms in total. The molecule has 6 aromatic carbocycles. The van der Waals surface area contributed by atoms with E-state index in [4.69, 9.17) is 0 Å². The van der Waals surface area contributed by atoms with Crippen LogP contribution in [0.15, 0.2) is 140 Å². The first-order valence-electron chi connectivity index (χ1n) is 13.9. The fourth-order valence-corrected chi connectivity index (χ4v) is 6.24. The average molecular weight is 502 g/mol. The van der Waals surface area contributed by atoms with Crippen molar-refractivity contribution >= 4 is 32.6 Å². The predicted octanol–water partition coefficient (Wildman–Crippen LogP) is 9.92. The van der Waals surface area contributed by atoms with E-state index in [2.05, 4.69) is 151 Å². The van der Waals surface area contributed by atoms with Crippen LogP contribution in [-0.4, -0.2) is 4.57 Å². The minimum atomic E-state index is 0.310. The monoisotopic (exact) mass is 501 g/mol. The van der Waals surface area contributed by atoms with E-state index in [-0.39, 0.29) is 0 Å². The Hall–Kier alpha value is -4.62. The molecule has 0 spiro atoms. The number of nitrogens with zero attached hydrogens (tertiary/aromatic N) is 1. The summed E-state index contributed by atoms with van der Waals surface area (Å²) in [7, 11) is 2.19. The van der Waals surface area contributed by atoms with Crippen LogP contribution >= 0.6 is 0 Å². The van der Waals surface area contributed by atoms with Crippen LogP contribution in [0, 0.1) is 0 Å². The van der Waals surface area contributed by atoms with Crippen molar-refractivity contribution in [1.82, 2.24) is 4.57 Å². The Kier molecular flexibility index (Phi) is 5.98. The number of aryl methyl sites for hydroxylation is 2. The van der Waals surface area contributed by atoms with Gasteiger partial charge in [0.1, 0.15) is 0 Å². The van der Waals surface area contributed by atoms with Gasteiger partial charge < -0.3 is 4.57 Å². The normalized spacial score (nSPS) is 12.3. The molecule has 7 rings (SSSR count). The molecule has 0 aliphatic heterocycles. The third kappa shape index (κ3) is 4.30. The zero-order valence-electron chi connectivity index (χ0n) is 22.2. The molecule has 0 fully saturated rings. The zero-order valence-corrected chi connectivity index (χ0v) is 22.2. The van der Waals surface area contributed by atoms with Gasteiger partial charge in [0.15, 0.2) is 0 Å². The minimum Gasteiger partial charge on any atom is -0.344 e. The molecule has 1 aromatic heterocycles. The Morgan fingerprint density at radius 3 is 1.97 bits per heavy atom. The lowest BCUT2D eigenvalue weighted by Crippen LogP contribution is -2.03. The van der Waals surface area contributed by atoms with Gasteiger partial charge in [-0.3, -0.25) is 0 Å². The maximum Gasteiger partial charge on any atom is 0.0495 e. The van der Waals surface area contributed by atoms with E-state index in [1.54, 1.807) is 0 Å². The highest BCUT2D eigenvalue weighted by molar-refractivity contribution is 6.20. The van der Waals surface area contributed by atoms with E-state index in [9.17, 15) is 0 Å². The van der Waals surface area contributed by atoms with Crippen LogP contribution in [0.2, 0.25) is 0 Å². The first-order chi connectivity index (χ1) is 19.3. The van der Waals surface area contributed by atoms with Gasteiger partial charge in [0, 0.05) is 34.8 Å². The average Bonchev–Trinajstić information content (AvgIpc) is 3.30. The van der Waals surface area contributed by atoms with Crippen molar-refractivity contribution in [2.45, 2.75) is 18.8 Å². The van der Waals surface area contributed by atoms with Crippen molar-refractivity contribution in [3.05, 3.63) is 156 Å². The molecule has 1 unspecified atom stereocenters. The molecular formula is C38H31N. The smallest absolute Gasteiger partial charge is 0.0495 e. The maximum atomic E-state index is 2.46. The van der Waals surface area contributed by atoms with Crippen molar-refractivity contribution in [2.24, 2.45) is 7.05 Å². The van der Waals surface area contributed by atoms with Crippen LogP contribution in [0.4, 0.5) is 0 Å². The first kappa shape index (κ1) is 23.5. The van der Waals surface area contributed by atoms with Crippen molar-refractivity contribution in [3.63, 3.8) is 0 Å². The molecule has 0 N–H and O–H groups in total. The largest absolute Gasteiger partial charge is 0.344 e. The Morgan fingerprint density at radius 2 is 1.18 bits per heavy atom. The van der Waals surface area contributed by atoms with E-state index in [0.29, 0.717) is 5.92 Å². The topological polar surface area (TPSA) is 4.93 Å². The highest BCUT2D eigenvalue weighted by Crippen LogP contribution is 2.38. The number of fused-ring (bicyclic) bond motifs is 5. The van der Waals surface area contributed by atoms with Crippen LogP contribution in [0.25, 0.3) is 43.7 Å². The van der Waals surface area contributed by atoms with Crippen molar-refractivity contribution in [3.8, 4) is 11.1 Å². The molecule has 0 aliphatic rings. The summed E-state index contributed by atoms with van der Waals surface area (Å²) >= 11 is 0.